The van der Waals surface area contributed by atoms with E-state index in [0.29, 0.717) is 22.0 Å². The van der Waals surface area contributed by atoms with Crippen molar-refractivity contribution < 1.29 is 18.8 Å². The van der Waals surface area contributed by atoms with E-state index in [0.717, 1.165) is 27.5 Å². The number of nitrogens with two attached hydrogens (primary N) is 1. The van der Waals surface area contributed by atoms with Gasteiger partial charge in [-0.05, 0) is 43.5 Å². The molecule has 1 saturated heterocycles. The molecule has 6 rings (SSSR count). The largest absolute Gasteiger partial charge is 0.364 e. The van der Waals surface area contributed by atoms with Crippen LogP contribution in [0.3, 0.4) is 0 Å². The third-order valence-electron chi connectivity index (χ3n) is 7.83. The van der Waals surface area contributed by atoms with Crippen LogP contribution in [0.5, 0.6) is 0 Å². The molecule has 4 aromatic rings. The molecule has 44 heavy (non-hydrogen) atoms. The number of thiazole rings is 2. The molecule has 1 aromatic carbocycles. The summed E-state index contributed by atoms with van der Waals surface area (Å²) in [5.74, 6) is -1.63. The van der Waals surface area contributed by atoms with Crippen molar-refractivity contribution in [2.75, 3.05) is 11.9 Å². The molecule has 3 aromatic heterocycles. The van der Waals surface area contributed by atoms with Gasteiger partial charge in [-0.25, -0.2) is 14.4 Å². The van der Waals surface area contributed by atoms with Crippen LogP contribution in [0.2, 0.25) is 0 Å². The molecule has 2 aliphatic heterocycles. The molecule has 3 atom stereocenters. The fourth-order valence-corrected chi connectivity index (χ4v) is 7.30. The first-order chi connectivity index (χ1) is 21.2. The number of likely N-dealkylation sites (tertiary alicyclic amines) is 1. The number of anilines is 1. The summed E-state index contributed by atoms with van der Waals surface area (Å²) in [6.07, 6.45) is 6.14. The number of imidazole rings is 1. The minimum Gasteiger partial charge on any atom is -0.364 e. The molecule has 0 spiro atoms. The van der Waals surface area contributed by atoms with Gasteiger partial charge in [0.25, 0.3) is 5.91 Å². The molecule has 0 radical (unpaired) electrons. The quantitative estimate of drug-likeness (QED) is 0.261. The Morgan fingerprint density at radius 1 is 1.20 bits per heavy atom. The Kier molecular flexibility index (Phi) is 7.99. The predicted molar refractivity (Wildman–Crippen MR) is 171 cm³/mol. The van der Waals surface area contributed by atoms with Crippen LogP contribution >= 0.6 is 22.7 Å². The van der Waals surface area contributed by atoms with Gasteiger partial charge in [0, 0.05) is 28.9 Å². The number of benzene rings is 1. The molecule has 3 N–H and O–H groups in total. The van der Waals surface area contributed by atoms with Gasteiger partial charge in [0.15, 0.2) is 10.1 Å². The number of halogens is 1. The van der Waals surface area contributed by atoms with E-state index in [2.05, 4.69) is 20.3 Å². The van der Waals surface area contributed by atoms with Crippen LogP contribution < -0.4 is 11.1 Å². The Bertz CT molecular complexity index is 1890. The zero-order valence-electron chi connectivity index (χ0n) is 24.3. The third kappa shape index (κ3) is 5.37. The van der Waals surface area contributed by atoms with Crippen molar-refractivity contribution in [1.29, 1.82) is 0 Å². The van der Waals surface area contributed by atoms with Gasteiger partial charge in [0.05, 0.1) is 30.4 Å². The van der Waals surface area contributed by atoms with Gasteiger partial charge in [-0.2, -0.15) is 0 Å². The molecule has 1 unspecified atom stereocenters. The lowest BCUT2D eigenvalue weighted by Crippen LogP contribution is -2.43. The minimum atomic E-state index is -1.35. The number of hydrogen-bond donors (Lipinski definition) is 2. The number of aromatic nitrogens is 3. The summed E-state index contributed by atoms with van der Waals surface area (Å²) in [7, 11) is 0. The molecular formula is C31H30FN7O3S2. The van der Waals surface area contributed by atoms with Crippen molar-refractivity contribution >= 4 is 61.8 Å². The molecule has 2 aliphatic rings. The standard InChI is InChI=1S/C31H30FN7O3S2/c1-4-6-17(5-2)18-7-8-20-21(11-18)26(28(33)41)35-22(20)13-25(40)39-14-19(32)12-24(39)29(42)37-30-36-23(15-44-30)27-16(3)34-31-38(27)9-10-43-31/h4-11,15,19,22,24H,12-14H2,1-3H3,(H2,33,41)(H,36,37,42)/b6-4-,17-5+/t19-,22?,24+/m1/s1. The smallest absolute Gasteiger partial charge is 0.267 e. The summed E-state index contributed by atoms with van der Waals surface area (Å²) >= 11 is 2.76. The number of rotatable bonds is 8. The summed E-state index contributed by atoms with van der Waals surface area (Å²) in [6, 6.07) is 3.91. The number of primary amides is 1. The highest BCUT2D eigenvalue weighted by Crippen LogP contribution is 2.36. The van der Waals surface area contributed by atoms with Crippen LogP contribution in [0.15, 0.2) is 58.4 Å². The molecule has 1 fully saturated rings. The van der Waals surface area contributed by atoms with E-state index >= 15 is 0 Å². The van der Waals surface area contributed by atoms with E-state index in [9.17, 15) is 18.8 Å². The van der Waals surface area contributed by atoms with Gasteiger partial charge < -0.3 is 16.0 Å². The van der Waals surface area contributed by atoms with Gasteiger partial charge in [0.1, 0.15) is 23.6 Å². The number of carbonyl (C=O) groups excluding carboxylic acids is 3. The lowest BCUT2D eigenvalue weighted by molar-refractivity contribution is -0.137. The maximum Gasteiger partial charge on any atom is 0.267 e. The van der Waals surface area contributed by atoms with E-state index in [4.69, 9.17) is 5.73 Å². The van der Waals surface area contributed by atoms with E-state index in [-0.39, 0.29) is 25.1 Å². The number of carbonyl (C=O) groups is 3. The average Bonchev–Trinajstić information content (AvgIpc) is 3.81. The normalized spacial score (nSPS) is 20.0. The maximum absolute atomic E-state index is 14.7. The van der Waals surface area contributed by atoms with E-state index in [1.165, 1.54) is 27.6 Å². The number of aliphatic imine (C=N–C) groups is 1. The molecule has 0 saturated carbocycles. The van der Waals surface area contributed by atoms with Gasteiger partial charge in [-0.15, -0.1) is 22.7 Å². The van der Waals surface area contributed by atoms with Gasteiger partial charge >= 0.3 is 0 Å². The number of fused-ring (bicyclic) bond motifs is 2. The van der Waals surface area contributed by atoms with Crippen molar-refractivity contribution in [2.24, 2.45) is 10.7 Å². The van der Waals surface area contributed by atoms with Crippen molar-refractivity contribution in [1.82, 2.24) is 19.3 Å². The van der Waals surface area contributed by atoms with Crippen molar-refractivity contribution in [3.63, 3.8) is 0 Å². The average molecular weight is 632 g/mol. The van der Waals surface area contributed by atoms with Crippen LogP contribution in [0, 0.1) is 6.92 Å². The van der Waals surface area contributed by atoms with E-state index in [1.807, 2.05) is 78.6 Å². The number of alkyl halides is 1. The van der Waals surface area contributed by atoms with Crippen molar-refractivity contribution in [3.05, 3.63) is 75.8 Å². The van der Waals surface area contributed by atoms with Crippen LogP contribution in [-0.2, 0) is 14.4 Å². The summed E-state index contributed by atoms with van der Waals surface area (Å²) in [4.78, 5) is 54.9. The zero-order valence-corrected chi connectivity index (χ0v) is 25.9. The van der Waals surface area contributed by atoms with Crippen LogP contribution in [0.25, 0.3) is 21.9 Å². The van der Waals surface area contributed by atoms with E-state index in [1.54, 1.807) is 0 Å². The minimum absolute atomic E-state index is 0.0994. The predicted octanol–water partition coefficient (Wildman–Crippen LogP) is 5.10. The zero-order chi connectivity index (χ0) is 31.1. The molecule has 13 heteroatoms. The number of allylic oxidation sites excluding steroid dienone is 4. The second kappa shape index (κ2) is 11.9. The highest BCUT2D eigenvalue weighted by Gasteiger charge is 2.41. The Balaban J connectivity index is 1.19. The second-order valence-electron chi connectivity index (χ2n) is 10.6. The summed E-state index contributed by atoms with van der Waals surface area (Å²) in [5.41, 5.74) is 11.2. The van der Waals surface area contributed by atoms with Crippen LogP contribution in [0.1, 0.15) is 55.1 Å². The molecule has 3 amide bonds. The molecule has 0 aliphatic carbocycles. The number of hydrogen-bond acceptors (Lipinski definition) is 8. The fourth-order valence-electron chi connectivity index (χ4n) is 5.84. The molecule has 226 valence electrons. The first-order valence-electron chi connectivity index (χ1n) is 14.1. The Morgan fingerprint density at radius 2 is 2.02 bits per heavy atom. The molecule has 5 heterocycles. The molecule has 0 bridgehead atoms. The van der Waals surface area contributed by atoms with Crippen molar-refractivity contribution in [2.45, 2.75) is 51.9 Å². The Morgan fingerprint density at radius 3 is 2.77 bits per heavy atom. The lowest BCUT2D eigenvalue weighted by atomic mass is 9.94. The number of aryl methyl sites for hydroxylation is 1. The second-order valence-corrected chi connectivity index (χ2v) is 12.4. The van der Waals surface area contributed by atoms with Gasteiger partial charge in [-0.3, -0.25) is 23.8 Å². The first kappa shape index (κ1) is 29.6. The number of amides is 3. The first-order valence-corrected chi connectivity index (χ1v) is 15.9. The van der Waals surface area contributed by atoms with Crippen LogP contribution in [0.4, 0.5) is 9.52 Å². The maximum atomic E-state index is 14.7. The number of nitrogens with one attached hydrogen (secondary N) is 1. The lowest BCUT2D eigenvalue weighted by Gasteiger charge is -2.24. The summed E-state index contributed by atoms with van der Waals surface area (Å²) in [6.45, 7) is 5.53. The fraction of sp³-hybridized carbons (Fsp3) is 0.290. The Hall–Kier alpha value is -4.49. The topological polar surface area (TPSA) is 135 Å². The monoisotopic (exact) mass is 631 g/mol. The Labute approximate surface area is 260 Å². The summed E-state index contributed by atoms with van der Waals surface area (Å²) in [5, 5.41) is 6.89. The van der Waals surface area contributed by atoms with Gasteiger partial charge in [0.2, 0.25) is 11.8 Å². The van der Waals surface area contributed by atoms with Crippen LogP contribution in [-0.4, -0.2) is 61.5 Å². The highest BCUT2D eigenvalue weighted by atomic mass is 32.1. The van der Waals surface area contributed by atoms with Gasteiger partial charge in [-0.1, -0.05) is 30.4 Å². The van der Waals surface area contributed by atoms with Crippen molar-refractivity contribution in [3.8, 4) is 11.4 Å². The highest BCUT2D eigenvalue weighted by molar-refractivity contribution is 7.15. The number of nitrogens with zero attached hydrogens (tertiary/aromatic N) is 5. The summed E-state index contributed by atoms with van der Waals surface area (Å²) < 4.78 is 16.6. The third-order valence-corrected chi connectivity index (χ3v) is 9.34. The van der Waals surface area contributed by atoms with E-state index < -0.39 is 36.0 Å². The molecule has 10 nitrogen and oxygen atoms in total. The SMILES string of the molecule is C/C=C\C(=C/C)c1ccc2c(c1)C(C(N)=O)=NC2CC(=O)N1C[C@H](F)C[C@H]1C(=O)Nc1nc(-c2c(C)nc3sccn23)cs1. The molecular weight excluding hydrogens is 602 g/mol.